The van der Waals surface area contributed by atoms with E-state index in [4.69, 9.17) is 4.74 Å². The Balaban J connectivity index is 2.14. The minimum Gasteiger partial charge on any atom is -0.466 e. The third-order valence-corrected chi connectivity index (χ3v) is 4.35. The van der Waals surface area contributed by atoms with Gasteiger partial charge in [-0.3, -0.25) is 4.79 Å². The van der Waals surface area contributed by atoms with Gasteiger partial charge in [0.25, 0.3) is 0 Å². The molecule has 2 aliphatic carbocycles. The largest absolute Gasteiger partial charge is 0.466 e. The predicted octanol–water partition coefficient (Wildman–Crippen LogP) is 1.97. The van der Waals surface area contributed by atoms with Crippen LogP contribution in [0.1, 0.15) is 27.2 Å². The van der Waals surface area contributed by atoms with E-state index in [1.54, 1.807) is 0 Å². The van der Waals surface area contributed by atoms with E-state index in [1.807, 2.05) is 0 Å². The van der Waals surface area contributed by atoms with Crippen LogP contribution < -0.4 is 0 Å². The van der Waals surface area contributed by atoms with Crippen molar-refractivity contribution in [2.75, 3.05) is 6.61 Å². The third-order valence-electron chi connectivity index (χ3n) is 4.35. The number of aldehydes is 1. The van der Waals surface area contributed by atoms with Crippen LogP contribution in [0.2, 0.25) is 0 Å². The van der Waals surface area contributed by atoms with Gasteiger partial charge in [0.05, 0.1) is 6.61 Å². The Morgan fingerprint density at radius 1 is 1.38 bits per heavy atom. The van der Waals surface area contributed by atoms with Crippen LogP contribution in [0, 0.1) is 23.7 Å². The molecule has 0 saturated heterocycles. The van der Waals surface area contributed by atoms with Crippen molar-refractivity contribution in [2.24, 2.45) is 23.7 Å². The summed E-state index contributed by atoms with van der Waals surface area (Å²) < 4.78 is 5.07. The van der Waals surface area contributed by atoms with Gasteiger partial charge in [-0.05, 0) is 32.1 Å². The predicted molar refractivity (Wildman–Crippen MR) is 59.6 cm³/mol. The number of carbonyl (C=O) groups is 2. The van der Waals surface area contributed by atoms with Crippen molar-refractivity contribution in [2.45, 2.75) is 27.2 Å². The summed E-state index contributed by atoms with van der Waals surface area (Å²) in [4.78, 5) is 22.0. The van der Waals surface area contributed by atoms with Gasteiger partial charge in [-0.1, -0.05) is 11.1 Å². The van der Waals surface area contributed by atoms with Gasteiger partial charge in [0.15, 0.2) is 0 Å². The van der Waals surface area contributed by atoms with Crippen LogP contribution in [0.3, 0.4) is 0 Å². The minimum atomic E-state index is -0.259. The quantitative estimate of drug-likeness (QED) is 0.416. The second-order valence-corrected chi connectivity index (χ2v) is 4.99. The SMILES string of the molecule is CC(=O)OCC1C2CC(C(C)=C2C)C1C=O. The number of ether oxygens (including phenoxy) is 1. The molecule has 3 heteroatoms. The molecule has 4 unspecified atom stereocenters. The van der Waals surface area contributed by atoms with E-state index in [0.717, 1.165) is 12.7 Å². The molecule has 0 aliphatic heterocycles. The van der Waals surface area contributed by atoms with Crippen molar-refractivity contribution in [3.05, 3.63) is 11.1 Å². The molecule has 3 nitrogen and oxygen atoms in total. The Bertz CT molecular complexity index is 354. The first-order valence-electron chi connectivity index (χ1n) is 5.82. The summed E-state index contributed by atoms with van der Waals surface area (Å²) in [6, 6.07) is 0. The molecule has 0 aromatic rings. The normalized spacial score (nSPS) is 36.7. The first-order valence-corrected chi connectivity index (χ1v) is 5.82. The molecule has 0 heterocycles. The molecule has 2 rings (SSSR count). The van der Waals surface area contributed by atoms with Gasteiger partial charge in [0.2, 0.25) is 0 Å². The first kappa shape index (κ1) is 11.4. The molecule has 0 aromatic carbocycles. The van der Waals surface area contributed by atoms with Crippen LogP contribution in [0.5, 0.6) is 0 Å². The smallest absolute Gasteiger partial charge is 0.302 e. The Labute approximate surface area is 95.9 Å². The Kier molecular flexibility index (Phi) is 2.87. The zero-order chi connectivity index (χ0) is 11.9. The molecular weight excluding hydrogens is 204 g/mol. The Morgan fingerprint density at radius 2 is 2.00 bits per heavy atom. The van der Waals surface area contributed by atoms with E-state index in [0.29, 0.717) is 18.4 Å². The van der Waals surface area contributed by atoms with Crippen LogP contribution >= 0.6 is 0 Å². The molecule has 88 valence electrons. The highest BCUT2D eigenvalue weighted by Gasteiger charge is 2.49. The number of allylic oxidation sites excluding steroid dienone is 2. The highest BCUT2D eigenvalue weighted by atomic mass is 16.5. The van der Waals surface area contributed by atoms with Gasteiger partial charge in [-0.2, -0.15) is 0 Å². The third kappa shape index (κ3) is 1.58. The Morgan fingerprint density at radius 3 is 2.56 bits per heavy atom. The van der Waals surface area contributed by atoms with Crippen LogP contribution in [0.25, 0.3) is 0 Å². The molecule has 16 heavy (non-hydrogen) atoms. The second kappa shape index (κ2) is 4.04. The first-order chi connectivity index (χ1) is 7.56. The number of esters is 1. The van der Waals surface area contributed by atoms with E-state index in [2.05, 4.69) is 13.8 Å². The van der Waals surface area contributed by atoms with Crippen molar-refractivity contribution in [1.82, 2.24) is 0 Å². The molecule has 0 amide bonds. The number of rotatable bonds is 3. The zero-order valence-corrected chi connectivity index (χ0v) is 10.0. The lowest BCUT2D eigenvalue weighted by atomic mass is 9.78. The summed E-state index contributed by atoms with van der Waals surface area (Å²) >= 11 is 0. The van der Waals surface area contributed by atoms with Crippen molar-refractivity contribution >= 4 is 12.3 Å². The molecule has 0 aromatic heterocycles. The van der Waals surface area contributed by atoms with Gasteiger partial charge in [0, 0.05) is 18.8 Å². The maximum absolute atomic E-state index is 11.1. The highest BCUT2D eigenvalue weighted by molar-refractivity contribution is 5.66. The number of hydrogen-bond donors (Lipinski definition) is 0. The van der Waals surface area contributed by atoms with E-state index in [-0.39, 0.29) is 17.8 Å². The molecule has 1 saturated carbocycles. The fourth-order valence-electron chi connectivity index (χ4n) is 3.36. The molecule has 2 aliphatic rings. The molecular formula is C13H18O3. The van der Waals surface area contributed by atoms with E-state index in [9.17, 15) is 9.59 Å². The maximum atomic E-state index is 11.1. The van der Waals surface area contributed by atoms with E-state index in [1.165, 1.54) is 18.1 Å². The molecule has 0 radical (unpaired) electrons. The van der Waals surface area contributed by atoms with Gasteiger partial charge >= 0.3 is 5.97 Å². The summed E-state index contributed by atoms with van der Waals surface area (Å²) in [6.07, 6.45) is 2.11. The van der Waals surface area contributed by atoms with E-state index >= 15 is 0 Å². The van der Waals surface area contributed by atoms with Crippen molar-refractivity contribution in [1.29, 1.82) is 0 Å². The molecule has 2 bridgehead atoms. The summed E-state index contributed by atoms with van der Waals surface area (Å²) in [5.41, 5.74) is 2.78. The van der Waals surface area contributed by atoms with Gasteiger partial charge in [0.1, 0.15) is 6.29 Å². The summed E-state index contributed by atoms with van der Waals surface area (Å²) in [7, 11) is 0. The number of hydrogen-bond acceptors (Lipinski definition) is 3. The lowest BCUT2D eigenvalue weighted by Crippen LogP contribution is -2.29. The molecule has 4 atom stereocenters. The summed E-state index contributed by atoms with van der Waals surface area (Å²) in [5.74, 6) is 0.830. The molecule has 1 fully saturated rings. The van der Waals surface area contributed by atoms with Gasteiger partial charge in [-0.15, -0.1) is 0 Å². The molecule has 0 spiro atoms. The molecule has 0 N–H and O–H groups in total. The minimum absolute atomic E-state index is 0.0491. The van der Waals surface area contributed by atoms with Gasteiger partial charge < -0.3 is 9.53 Å². The maximum Gasteiger partial charge on any atom is 0.302 e. The summed E-state index contributed by atoms with van der Waals surface area (Å²) in [5, 5.41) is 0. The van der Waals surface area contributed by atoms with Crippen molar-refractivity contribution < 1.29 is 14.3 Å². The van der Waals surface area contributed by atoms with Crippen molar-refractivity contribution in [3.63, 3.8) is 0 Å². The summed E-state index contributed by atoms with van der Waals surface area (Å²) in [6.45, 7) is 6.07. The van der Waals surface area contributed by atoms with Gasteiger partial charge in [-0.25, -0.2) is 0 Å². The second-order valence-electron chi connectivity index (χ2n) is 4.99. The monoisotopic (exact) mass is 222 g/mol. The van der Waals surface area contributed by atoms with Crippen LogP contribution in [0.4, 0.5) is 0 Å². The fraction of sp³-hybridized carbons (Fsp3) is 0.692. The standard InChI is InChI=1S/C13H18O3/c1-7-8(2)11-4-10(7)12(5-14)13(11)6-16-9(3)15/h5,10-13H,4,6H2,1-3H3. The van der Waals surface area contributed by atoms with Crippen molar-refractivity contribution in [3.8, 4) is 0 Å². The fourth-order valence-corrected chi connectivity index (χ4v) is 3.36. The highest BCUT2D eigenvalue weighted by Crippen LogP contribution is 2.54. The number of carbonyl (C=O) groups excluding carboxylic acids is 2. The average molecular weight is 222 g/mol. The topological polar surface area (TPSA) is 43.4 Å². The van der Waals surface area contributed by atoms with Crippen LogP contribution in [-0.4, -0.2) is 18.9 Å². The van der Waals surface area contributed by atoms with Crippen LogP contribution in [0.15, 0.2) is 11.1 Å². The lowest BCUT2D eigenvalue weighted by molar-refractivity contribution is -0.143. The lowest BCUT2D eigenvalue weighted by Gasteiger charge is -2.28. The Hall–Kier alpha value is -1.12. The average Bonchev–Trinajstić information content (AvgIpc) is 2.73. The number of fused-ring (bicyclic) bond motifs is 2. The zero-order valence-electron chi connectivity index (χ0n) is 10.0. The van der Waals surface area contributed by atoms with Crippen LogP contribution in [-0.2, 0) is 14.3 Å². The van der Waals surface area contributed by atoms with E-state index < -0.39 is 0 Å².